The minimum Gasteiger partial charge on any atom is -0.396 e. The van der Waals surface area contributed by atoms with E-state index in [1.54, 1.807) is 0 Å². The van der Waals surface area contributed by atoms with Crippen molar-refractivity contribution in [1.29, 1.82) is 0 Å². The number of hydrogen-bond acceptors (Lipinski definition) is 1. The minimum atomic E-state index is 0. The Hall–Kier alpha value is 0.250. The molecule has 0 aromatic carbocycles. The van der Waals surface area contributed by atoms with Crippen LogP contribution in [-0.2, 0) is 0 Å². The van der Waals surface area contributed by atoms with E-state index in [9.17, 15) is 0 Å². The van der Waals surface area contributed by atoms with E-state index in [-0.39, 0.29) is 12.4 Å². The standard InChI is InChI=1S/C4H10O.ClH/c1-4(2)3-5;/h4-5H,3H2,1-2H3;1H. The molecule has 0 aliphatic heterocycles. The number of aliphatic hydroxyl groups excluding tert-OH is 1. The van der Waals surface area contributed by atoms with Crippen molar-refractivity contribution in [1.82, 2.24) is 0 Å². The smallest absolute Gasteiger partial charge is 0.0453 e. The monoisotopic (exact) mass is 110 g/mol. The lowest BCUT2D eigenvalue weighted by Gasteiger charge is -1.90. The zero-order chi connectivity index (χ0) is 4.28. The van der Waals surface area contributed by atoms with Crippen LogP contribution in [0.4, 0.5) is 0 Å². The van der Waals surface area contributed by atoms with Gasteiger partial charge in [-0.15, -0.1) is 12.4 Å². The molecule has 0 aromatic rings. The molecule has 0 saturated heterocycles. The average molecular weight is 111 g/mol. The van der Waals surface area contributed by atoms with Crippen LogP contribution in [0.5, 0.6) is 0 Å². The normalized spacial score (nSPS) is 8.00. The highest BCUT2D eigenvalue weighted by Gasteiger charge is 1.81. The van der Waals surface area contributed by atoms with Gasteiger partial charge in [-0.3, -0.25) is 0 Å². The largest absolute Gasteiger partial charge is 0.396 e. The maximum Gasteiger partial charge on any atom is 0.0453 e. The molecule has 0 fully saturated rings. The van der Waals surface area contributed by atoms with Gasteiger partial charge >= 0.3 is 0 Å². The van der Waals surface area contributed by atoms with Crippen molar-refractivity contribution >= 4 is 12.4 Å². The number of aliphatic hydroxyl groups is 1. The Morgan fingerprint density at radius 1 is 1.50 bits per heavy atom. The summed E-state index contributed by atoms with van der Waals surface area (Å²) in [6, 6.07) is 0. The third kappa shape index (κ3) is 8.87. The first kappa shape index (κ1) is 9.54. The molecule has 0 aliphatic carbocycles. The fourth-order valence-electron chi connectivity index (χ4n) is 0. The molecular formula is C4H11ClO. The molecule has 0 heterocycles. The molecule has 1 nitrogen and oxygen atoms in total. The highest BCUT2D eigenvalue weighted by atomic mass is 35.5. The molecule has 0 unspecified atom stereocenters. The summed E-state index contributed by atoms with van der Waals surface area (Å²) in [5.74, 6) is 0.440. The summed E-state index contributed by atoms with van der Waals surface area (Å²) in [5.41, 5.74) is 0. The van der Waals surface area contributed by atoms with Crippen molar-refractivity contribution in [2.45, 2.75) is 13.8 Å². The van der Waals surface area contributed by atoms with E-state index < -0.39 is 0 Å². The third-order valence-electron chi connectivity index (χ3n) is 0.365. The van der Waals surface area contributed by atoms with Gasteiger partial charge in [0.15, 0.2) is 0 Å². The van der Waals surface area contributed by atoms with Gasteiger partial charge in [-0.05, 0) is 5.92 Å². The molecule has 1 N–H and O–H groups in total. The molecule has 0 amide bonds. The maximum atomic E-state index is 8.14. The second-order valence-corrected chi connectivity index (χ2v) is 1.58. The van der Waals surface area contributed by atoms with E-state index in [4.69, 9.17) is 5.11 Å². The second-order valence-electron chi connectivity index (χ2n) is 1.58. The lowest BCUT2D eigenvalue weighted by atomic mass is 10.2. The molecule has 40 valence electrons. The zero-order valence-corrected chi connectivity index (χ0v) is 4.96. The molecule has 0 rings (SSSR count). The van der Waals surface area contributed by atoms with Crippen LogP contribution in [0.2, 0.25) is 0 Å². The molecule has 0 aliphatic rings. The molecular weight excluding hydrogens is 99.5 g/mol. The second kappa shape index (κ2) is 5.25. The van der Waals surface area contributed by atoms with Gasteiger partial charge in [-0.2, -0.15) is 0 Å². The van der Waals surface area contributed by atoms with E-state index >= 15 is 0 Å². The summed E-state index contributed by atoms with van der Waals surface area (Å²) in [4.78, 5) is 0. The zero-order valence-electron chi connectivity index (χ0n) is 4.14. The highest BCUT2D eigenvalue weighted by Crippen LogP contribution is 1.83. The quantitative estimate of drug-likeness (QED) is 0.535. The summed E-state index contributed by atoms with van der Waals surface area (Å²) >= 11 is 0. The van der Waals surface area contributed by atoms with Gasteiger partial charge in [0.2, 0.25) is 0 Å². The highest BCUT2D eigenvalue weighted by molar-refractivity contribution is 5.85. The van der Waals surface area contributed by atoms with E-state index in [0.29, 0.717) is 12.5 Å². The SMILES string of the molecule is CC(C)CO.Cl. The van der Waals surface area contributed by atoms with Crippen molar-refractivity contribution in [3.05, 3.63) is 0 Å². The lowest BCUT2D eigenvalue weighted by Crippen LogP contribution is -1.90. The Bertz CT molecular complexity index is 21.5. The molecule has 0 aromatic heterocycles. The Kier molecular flexibility index (Phi) is 8.35. The van der Waals surface area contributed by atoms with Crippen molar-refractivity contribution in [2.24, 2.45) is 5.92 Å². The molecule has 0 radical (unpaired) electrons. The van der Waals surface area contributed by atoms with Crippen molar-refractivity contribution in [3.63, 3.8) is 0 Å². The molecule has 0 bridgehead atoms. The van der Waals surface area contributed by atoms with Crippen LogP contribution in [0.25, 0.3) is 0 Å². The summed E-state index contributed by atoms with van der Waals surface area (Å²) < 4.78 is 0. The Morgan fingerprint density at radius 2 is 1.67 bits per heavy atom. The lowest BCUT2D eigenvalue weighted by molar-refractivity contribution is 0.248. The predicted octanol–water partition coefficient (Wildman–Crippen LogP) is 1.06. The number of hydrogen-bond donors (Lipinski definition) is 1. The van der Waals surface area contributed by atoms with Gasteiger partial charge in [-0.1, -0.05) is 13.8 Å². The Labute approximate surface area is 44.8 Å². The fourth-order valence-corrected chi connectivity index (χ4v) is 0. The molecule has 0 atom stereocenters. The minimum absolute atomic E-state index is 0. The van der Waals surface area contributed by atoms with Gasteiger partial charge in [0.05, 0.1) is 0 Å². The molecule has 6 heavy (non-hydrogen) atoms. The van der Waals surface area contributed by atoms with Crippen LogP contribution < -0.4 is 0 Å². The molecule has 0 spiro atoms. The Balaban J connectivity index is 0. The van der Waals surface area contributed by atoms with E-state index in [2.05, 4.69) is 0 Å². The van der Waals surface area contributed by atoms with Crippen LogP contribution >= 0.6 is 12.4 Å². The summed E-state index contributed by atoms with van der Waals surface area (Å²) in [6.07, 6.45) is 0. The first-order valence-electron chi connectivity index (χ1n) is 1.88. The summed E-state index contributed by atoms with van der Waals surface area (Å²) in [7, 11) is 0. The summed E-state index contributed by atoms with van der Waals surface area (Å²) in [6.45, 7) is 4.25. The predicted molar refractivity (Wildman–Crippen MR) is 29.2 cm³/mol. The van der Waals surface area contributed by atoms with E-state index in [1.807, 2.05) is 13.8 Å². The number of halogens is 1. The van der Waals surface area contributed by atoms with Gasteiger partial charge < -0.3 is 5.11 Å². The van der Waals surface area contributed by atoms with Crippen LogP contribution in [0.3, 0.4) is 0 Å². The van der Waals surface area contributed by atoms with Crippen LogP contribution in [0, 0.1) is 5.92 Å². The molecule has 2 heteroatoms. The summed E-state index contributed by atoms with van der Waals surface area (Å²) in [5, 5.41) is 8.14. The van der Waals surface area contributed by atoms with Crippen LogP contribution in [-0.4, -0.2) is 11.7 Å². The van der Waals surface area contributed by atoms with Crippen molar-refractivity contribution in [2.75, 3.05) is 6.61 Å². The molecule has 0 saturated carbocycles. The maximum absolute atomic E-state index is 8.14. The van der Waals surface area contributed by atoms with Gasteiger partial charge in [-0.25, -0.2) is 0 Å². The third-order valence-corrected chi connectivity index (χ3v) is 0.365. The van der Waals surface area contributed by atoms with Crippen LogP contribution in [0.15, 0.2) is 0 Å². The van der Waals surface area contributed by atoms with Crippen molar-refractivity contribution < 1.29 is 5.11 Å². The first-order chi connectivity index (χ1) is 2.27. The Morgan fingerprint density at radius 3 is 1.67 bits per heavy atom. The first-order valence-corrected chi connectivity index (χ1v) is 1.88. The van der Waals surface area contributed by atoms with Crippen LogP contribution in [0.1, 0.15) is 13.8 Å². The van der Waals surface area contributed by atoms with E-state index in [0.717, 1.165) is 0 Å². The fraction of sp³-hybridized carbons (Fsp3) is 1.00. The average Bonchev–Trinajstić information content (AvgIpc) is 1.38. The topological polar surface area (TPSA) is 20.2 Å². The van der Waals surface area contributed by atoms with Gasteiger partial charge in [0.1, 0.15) is 0 Å². The van der Waals surface area contributed by atoms with Gasteiger partial charge in [0.25, 0.3) is 0 Å². The van der Waals surface area contributed by atoms with E-state index in [1.165, 1.54) is 0 Å². The van der Waals surface area contributed by atoms with Crippen molar-refractivity contribution in [3.8, 4) is 0 Å². The van der Waals surface area contributed by atoms with Gasteiger partial charge in [0, 0.05) is 6.61 Å². The number of rotatable bonds is 1.